The SMILES string of the molecule is O=C(O)c1cnc(N2C3CCC2CC(O)(Cc2ccc(F)cc2F)C3)cn1. The van der Waals surface area contributed by atoms with Gasteiger partial charge in [0.2, 0.25) is 0 Å². The molecule has 2 aromatic rings. The van der Waals surface area contributed by atoms with E-state index in [0.29, 0.717) is 24.2 Å². The smallest absolute Gasteiger partial charge is 0.356 e. The molecule has 2 aliphatic rings. The Balaban J connectivity index is 1.53. The molecule has 2 saturated heterocycles. The van der Waals surface area contributed by atoms with E-state index >= 15 is 0 Å². The van der Waals surface area contributed by atoms with Gasteiger partial charge >= 0.3 is 5.97 Å². The quantitative estimate of drug-likeness (QED) is 0.854. The van der Waals surface area contributed by atoms with Crippen LogP contribution in [0.1, 0.15) is 41.7 Å². The summed E-state index contributed by atoms with van der Waals surface area (Å²) in [6.07, 6.45) is 5.39. The Morgan fingerprint density at radius 1 is 1.19 bits per heavy atom. The highest BCUT2D eigenvalue weighted by atomic mass is 19.1. The van der Waals surface area contributed by atoms with Crippen molar-refractivity contribution in [2.24, 2.45) is 0 Å². The standard InChI is InChI=1S/C19H19F2N3O3/c20-12-2-1-11(15(21)5-12)6-19(27)7-13-3-4-14(8-19)24(13)17-10-22-16(9-23-17)18(25)26/h1-2,5,9-10,13-14,27H,3-4,6-8H2,(H,25,26). The van der Waals surface area contributed by atoms with Gasteiger partial charge in [-0.05, 0) is 37.3 Å². The maximum Gasteiger partial charge on any atom is 0.356 e. The van der Waals surface area contributed by atoms with Crippen LogP contribution in [0.5, 0.6) is 0 Å². The molecule has 0 saturated carbocycles. The van der Waals surface area contributed by atoms with E-state index in [9.17, 15) is 18.7 Å². The van der Waals surface area contributed by atoms with E-state index in [4.69, 9.17) is 5.11 Å². The van der Waals surface area contributed by atoms with Crippen molar-refractivity contribution in [2.75, 3.05) is 4.90 Å². The van der Waals surface area contributed by atoms with Crippen molar-refractivity contribution in [3.05, 3.63) is 53.5 Å². The zero-order valence-corrected chi connectivity index (χ0v) is 14.5. The third-order valence-electron chi connectivity index (χ3n) is 5.51. The van der Waals surface area contributed by atoms with Crippen LogP contribution in [0.4, 0.5) is 14.6 Å². The maximum atomic E-state index is 14.0. The molecule has 27 heavy (non-hydrogen) atoms. The Kier molecular flexibility index (Phi) is 4.30. The lowest BCUT2D eigenvalue weighted by molar-refractivity contribution is 0.00126. The Hall–Kier alpha value is -2.61. The number of carboxylic acids is 1. The number of halogens is 2. The van der Waals surface area contributed by atoms with E-state index in [0.717, 1.165) is 18.9 Å². The van der Waals surface area contributed by atoms with Crippen LogP contribution >= 0.6 is 0 Å². The van der Waals surface area contributed by atoms with Gasteiger partial charge in [-0.2, -0.15) is 0 Å². The van der Waals surface area contributed by atoms with Crippen molar-refractivity contribution in [1.82, 2.24) is 9.97 Å². The molecule has 0 radical (unpaired) electrons. The zero-order valence-electron chi connectivity index (χ0n) is 14.5. The first-order valence-corrected chi connectivity index (χ1v) is 8.85. The van der Waals surface area contributed by atoms with Gasteiger partial charge in [0.05, 0.1) is 18.0 Å². The maximum absolute atomic E-state index is 14.0. The zero-order chi connectivity index (χ0) is 19.2. The molecule has 0 aliphatic carbocycles. The number of hydrogen-bond donors (Lipinski definition) is 2. The second-order valence-electron chi connectivity index (χ2n) is 7.40. The molecule has 2 unspecified atom stereocenters. The van der Waals surface area contributed by atoms with Crippen molar-refractivity contribution < 1.29 is 23.8 Å². The van der Waals surface area contributed by atoms with Crippen molar-refractivity contribution >= 4 is 11.8 Å². The van der Waals surface area contributed by atoms with Gasteiger partial charge < -0.3 is 15.1 Å². The molecule has 2 aliphatic heterocycles. The number of anilines is 1. The number of rotatable bonds is 4. The van der Waals surface area contributed by atoms with Gasteiger partial charge in [-0.15, -0.1) is 0 Å². The molecule has 0 amide bonds. The fraction of sp³-hybridized carbons (Fsp3) is 0.421. The van der Waals surface area contributed by atoms with Gasteiger partial charge in [0.15, 0.2) is 5.69 Å². The predicted octanol–water partition coefficient (Wildman–Crippen LogP) is 2.56. The summed E-state index contributed by atoms with van der Waals surface area (Å²) in [7, 11) is 0. The molecule has 4 rings (SSSR count). The number of carboxylic acid groups (broad SMARTS) is 1. The lowest BCUT2D eigenvalue weighted by atomic mass is 9.81. The summed E-state index contributed by atoms with van der Waals surface area (Å²) >= 11 is 0. The number of aromatic carboxylic acids is 1. The molecule has 2 bridgehead atoms. The molecule has 2 N–H and O–H groups in total. The van der Waals surface area contributed by atoms with E-state index in [1.807, 2.05) is 0 Å². The molecule has 2 atom stereocenters. The average Bonchev–Trinajstić information content (AvgIpc) is 2.90. The molecule has 0 spiro atoms. The number of hydrogen-bond acceptors (Lipinski definition) is 5. The second-order valence-corrected chi connectivity index (χ2v) is 7.40. The second kappa shape index (κ2) is 6.53. The number of carbonyl (C=O) groups is 1. The number of nitrogens with zero attached hydrogens (tertiary/aromatic N) is 3. The summed E-state index contributed by atoms with van der Waals surface area (Å²) < 4.78 is 27.1. The molecular formula is C19H19F2N3O3. The van der Waals surface area contributed by atoms with E-state index in [2.05, 4.69) is 14.9 Å². The van der Waals surface area contributed by atoms with Gasteiger partial charge in [-0.3, -0.25) is 0 Å². The first-order valence-electron chi connectivity index (χ1n) is 8.85. The number of aromatic nitrogens is 2. The normalized spacial score (nSPS) is 27.0. The van der Waals surface area contributed by atoms with Crippen LogP contribution in [0.25, 0.3) is 0 Å². The highest BCUT2D eigenvalue weighted by Gasteiger charge is 2.48. The summed E-state index contributed by atoms with van der Waals surface area (Å²) in [5.74, 6) is -1.83. The summed E-state index contributed by atoms with van der Waals surface area (Å²) in [6, 6.07) is 3.45. The Bertz CT molecular complexity index is 861. The van der Waals surface area contributed by atoms with Crippen LogP contribution in [0.15, 0.2) is 30.6 Å². The highest BCUT2D eigenvalue weighted by molar-refractivity contribution is 5.84. The number of fused-ring (bicyclic) bond motifs is 2. The molecule has 6 nitrogen and oxygen atoms in total. The third-order valence-corrected chi connectivity index (χ3v) is 5.51. The van der Waals surface area contributed by atoms with Crippen molar-refractivity contribution in [3.63, 3.8) is 0 Å². The minimum atomic E-state index is -1.13. The van der Waals surface area contributed by atoms with E-state index in [1.165, 1.54) is 24.5 Å². The minimum absolute atomic E-state index is 0.0160. The van der Waals surface area contributed by atoms with Crippen molar-refractivity contribution in [3.8, 4) is 0 Å². The van der Waals surface area contributed by atoms with Gasteiger partial charge in [0.1, 0.15) is 17.5 Å². The van der Waals surface area contributed by atoms with E-state index in [1.54, 1.807) is 0 Å². The topological polar surface area (TPSA) is 86.5 Å². The van der Waals surface area contributed by atoms with Crippen LogP contribution in [-0.2, 0) is 6.42 Å². The summed E-state index contributed by atoms with van der Waals surface area (Å²) in [5.41, 5.74) is -0.890. The fourth-order valence-electron chi connectivity index (χ4n) is 4.43. The van der Waals surface area contributed by atoms with E-state index < -0.39 is 23.2 Å². The molecule has 3 heterocycles. The molecule has 2 fully saturated rings. The van der Waals surface area contributed by atoms with Gasteiger partial charge in [-0.1, -0.05) is 6.07 Å². The molecule has 1 aromatic carbocycles. The van der Waals surface area contributed by atoms with Crippen molar-refractivity contribution in [1.29, 1.82) is 0 Å². The number of piperidine rings is 1. The van der Waals surface area contributed by atoms with Gasteiger partial charge in [-0.25, -0.2) is 23.5 Å². The summed E-state index contributed by atoms with van der Waals surface area (Å²) in [5, 5.41) is 20.0. The lowest BCUT2D eigenvalue weighted by Gasteiger charge is -2.44. The molecular weight excluding hydrogens is 356 g/mol. The van der Waals surface area contributed by atoms with Crippen molar-refractivity contribution in [2.45, 2.75) is 49.8 Å². The number of benzene rings is 1. The predicted molar refractivity (Wildman–Crippen MR) is 92.5 cm³/mol. The molecule has 142 valence electrons. The van der Waals surface area contributed by atoms with Gasteiger partial charge in [0, 0.05) is 24.6 Å². The van der Waals surface area contributed by atoms with E-state index in [-0.39, 0.29) is 24.2 Å². The monoisotopic (exact) mass is 375 g/mol. The van der Waals surface area contributed by atoms with Crippen LogP contribution in [0.2, 0.25) is 0 Å². The lowest BCUT2D eigenvalue weighted by Crippen LogP contribution is -2.52. The largest absolute Gasteiger partial charge is 0.476 e. The Morgan fingerprint density at radius 3 is 2.44 bits per heavy atom. The Labute approximate surface area is 154 Å². The fourth-order valence-corrected chi connectivity index (χ4v) is 4.43. The minimum Gasteiger partial charge on any atom is -0.476 e. The number of aliphatic hydroxyl groups is 1. The highest BCUT2D eigenvalue weighted by Crippen LogP contribution is 2.44. The molecule has 1 aromatic heterocycles. The van der Waals surface area contributed by atoms with Crippen LogP contribution in [-0.4, -0.2) is 43.8 Å². The van der Waals surface area contributed by atoms with Crippen LogP contribution in [0, 0.1) is 11.6 Å². The van der Waals surface area contributed by atoms with Crippen LogP contribution < -0.4 is 4.90 Å². The van der Waals surface area contributed by atoms with Gasteiger partial charge in [0.25, 0.3) is 0 Å². The summed E-state index contributed by atoms with van der Waals surface area (Å²) in [4.78, 5) is 21.2. The first kappa shape index (κ1) is 17.8. The molecule has 8 heteroatoms. The average molecular weight is 375 g/mol. The summed E-state index contributed by atoms with van der Waals surface area (Å²) in [6.45, 7) is 0. The third kappa shape index (κ3) is 3.37. The Morgan fingerprint density at radius 2 is 1.89 bits per heavy atom. The van der Waals surface area contributed by atoms with Crippen LogP contribution in [0.3, 0.4) is 0 Å². The first-order chi connectivity index (χ1) is 12.8.